The predicted octanol–water partition coefficient (Wildman–Crippen LogP) is 2.73. The fourth-order valence-electron chi connectivity index (χ4n) is 4.64. The Morgan fingerprint density at radius 1 is 0.750 bits per heavy atom. The molecule has 2 aliphatic rings. The van der Waals surface area contributed by atoms with E-state index in [0.29, 0.717) is 36.6 Å². The summed E-state index contributed by atoms with van der Waals surface area (Å²) in [5, 5.41) is 11.1. The van der Waals surface area contributed by atoms with E-state index in [1.54, 1.807) is 0 Å². The number of amides is 2. The van der Waals surface area contributed by atoms with Crippen molar-refractivity contribution in [2.24, 2.45) is 0 Å². The van der Waals surface area contributed by atoms with Crippen molar-refractivity contribution in [3.63, 3.8) is 0 Å². The first-order chi connectivity index (χ1) is 15.7. The summed E-state index contributed by atoms with van der Waals surface area (Å²) in [6.07, 6.45) is 0. The first-order valence-electron chi connectivity index (χ1n) is 10.9. The molecule has 0 unspecified atom stereocenters. The molecular formula is C26H25N3O3. The highest BCUT2D eigenvalue weighted by atomic mass is 16.3. The number of carbonyl (C=O) groups is 2. The predicted molar refractivity (Wildman–Crippen MR) is 125 cm³/mol. The van der Waals surface area contributed by atoms with Gasteiger partial charge in [-0.1, -0.05) is 66.7 Å². The van der Waals surface area contributed by atoms with Gasteiger partial charge < -0.3 is 10.0 Å². The molecule has 162 valence electrons. The van der Waals surface area contributed by atoms with Gasteiger partial charge in [0.2, 0.25) is 0 Å². The lowest BCUT2D eigenvalue weighted by Crippen LogP contribution is -2.48. The molecule has 0 radical (unpaired) electrons. The lowest BCUT2D eigenvalue weighted by Gasteiger charge is -2.36. The topological polar surface area (TPSA) is 64.1 Å². The number of carbonyl (C=O) groups excluding carboxylic acids is 2. The van der Waals surface area contributed by atoms with Crippen molar-refractivity contribution in [1.82, 2.24) is 9.80 Å². The number of aliphatic hydroxyl groups excluding tert-OH is 1. The summed E-state index contributed by atoms with van der Waals surface area (Å²) in [7, 11) is 0. The van der Waals surface area contributed by atoms with Crippen molar-refractivity contribution in [2.45, 2.75) is 0 Å². The third kappa shape index (κ3) is 3.47. The Kier molecular flexibility index (Phi) is 5.47. The highest BCUT2D eigenvalue weighted by Crippen LogP contribution is 2.37. The van der Waals surface area contributed by atoms with Crippen LogP contribution in [0.1, 0.15) is 5.56 Å². The van der Waals surface area contributed by atoms with Gasteiger partial charge in [-0.2, -0.15) is 0 Å². The Labute approximate surface area is 187 Å². The largest absolute Gasteiger partial charge is 0.395 e. The van der Waals surface area contributed by atoms with E-state index in [0.717, 1.165) is 29.4 Å². The molecule has 0 aromatic heterocycles. The van der Waals surface area contributed by atoms with Crippen LogP contribution in [0.4, 0.5) is 5.69 Å². The lowest BCUT2D eigenvalue weighted by molar-refractivity contribution is -0.120. The second-order valence-corrected chi connectivity index (χ2v) is 8.09. The molecule has 2 amide bonds. The quantitative estimate of drug-likeness (QED) is 0.635. The van der Waals surface area contributed by atoms with Crippen LogP contribution in [0.3, 0.4) is 0 Å². The average Bonchev–Trinajstić information content (AvgIpc) is 3.10. The maximum Gasteiger partial charge on any atom is 0.282 e. The van der Waals surface area contributed by atoms with E-state index in [1.165, 1.54) is 4.90 Å². The minimum absolute atomic E-state index is 0.115. The van der Waals surface area contributed by atoms with E-state index in [9.17, 15) is 14.7 Å². The fourth-order valence-corrected chi connectivity index (χ4v) is 4.64. The van der Waals surface area contributed by atoms with Crippen molar-refractivity contribution < 1.29 is 14.7 Å². The average molecular weight is 428 g/mol. The zero-order chi connectivity index (χ0) is 22.1. The van der Waals surface area contributed by atoms with E-state index in [2.05, 4.69) is 4.90 Å². The first-order valence-corrected chi connectivity index (χ1v) is 10.9. The van der Waals surface area contributed by atoms with Gasteiger partial charge in [0, 0.05) is 38.1 Å². The Morgan fingerprint density at radius 2 is 1.44 bits per heavy atom. The van der Waals surface area contributed by atoms with Crippen LogP contribution >= 0.6 is 0 Å². The Hall–Kier alpha value is -3.48. The number of nitrogens with zero attached hydrogens (tertiary/aromatic N) is 3. The number of β-amino-alcohol motifs (C(OH)–C–C–N with tert-alkyl or cyclic N) is 1. The van der Waals surface area contributed by atoms with Gasteiger partial charge in [-0.3, -0.25) is 14.5 Å². The number of imide groups is 1. The fraction of sp³-hybridized carbons (Fsp3) is 0.231. The Bertz CT molecular complexity index is 1190. The molecule has 3 aromatic carbocycles. The maximum absolute atomic E-state index is 13.8. The highest BCUT2D eigenvalue weighted by molar-refractivity contribution is 6.46. The van der Waals surface area contributed by atoms with Crippen LogP contribution in [0.25, 0.3) is 16.3 Å². The number of hydrogen-bond donors (Lipinski definition) is 1. The zero-order valence-electron chi connectivity index (χ0n) is 17.8. The Morgan fingerprint density at radius 3 is 2.19 bits per heavy atom. The first kappa shape index (κ1) is 20.4. The van der Waals surface area contributed by atoms with Crippen molar-refractivity contribution in [3.05, 3.63) is 84.1 Å². The smallest absolute Gasteiger partial charge is 0.282 e. The second kappa shape index (κ2) is 8.57. The number of aliphatic hydroxyl groups is 1. The van der Waals surface area contributed by atoms with Gasteiger partial charge in [0.15, 0.2) is 0 Å². The summed E-state index contributed by atoms with van der Waals surface area (Å²) in [5.74, 6) is -0.564. The molecule has 3 aromatic rings. The van der Waals surface area contributed by atoms with Crippen molar-refractivity contribution in [3.8, 4) is 0 Å². The van der Waals surface area contributed by atoms with E-state index >= 15 is 0 Å². The molecule has 32 heavy (non-hydrogen) atoms. The molecule has 0 bridgehead atoms. The molecule has 1 fully saturated rings. The molecule has 1 N–H and O–H groups in total. The van der Waals surface area contributed by atoms with Crippen LogP contribution in [-0.4, -0.2) is 66.1 Å². The number of piperazine rings is 1. The molecule has 6 heteroatoms. The van der Waals surface area contributed by atoms with Gasteiger partial charge in [-0.15, -0.1) is 0 Å². The highest BCUT2D eigenvalue weighted by Gasteiger charge is 2.43. The van der Waals surface area contributed by atoms with Gasteiger partial charge >= 0.3 is 0 Å². The molecule has 6 nitrogen and oxygen atoms in total. The monoisotopic (exact) mass is 427 g/mol. The van der Waals surface area contributed by atoms with Gasteiger partial charge in [-0.05, 0) is 17.0 Å². The number of anilines is 1. The molecule has 1 saturated heterocycles. The minimum Gasteiger partial charge on any atom is -0.395 e. The maximum atomic E-state index is 13.8. The Balaban J connectivity index is 1.58. The van der Waals surface area contributed by atoms with Gasteiger partial charge in [0.25, 0.3) is 11.8 Å². The number of fused-ring (bicyclic) bond motifs is 1. The summed E-state index contributed by atoms with van der Waals surface area (Å²) in [6, 6.07) is 22.9. The molecule has 0 saturated carbocycles. The van der Waals surface area contributed by atoms with Gasteiger partial charge in [0.1, 0.15) is 5.70 Å². The third-order valence-electron chi connectivity index (χ3n) is 6.23. The van der Waals surface area contributed by atoms with E-state index in [4.69, 9.17) is 0 Å². The van der Waals surface area contributed by atoms with Gasteiger partial charge in [0.05, 0.1) is 17.9 Å². The van der Waals surface area contributed by atoms with Crippen LogP contribution in [0.15, 0.2) is 78.5 Å². The van der Waals surface area contributed by atoms with Crippen LogP contribution < -0.4 is 4.90 Å². The van der Waals surface area contributed by atoms with Crippen LogP contribution in [0.2, 0.25) is 0 Å². The second-order valence-electron chi connectivity index (χ2n) is 8.09. The zero-order valence-corrected chi connectivity index (χ0v) is 17.8. The molecule has 0 atom stereocenters. The van der Waals surface area contributed by atoms with E-state index < -0.39 is 0 Å². The number of rotatable bonds is 5. The van der Waals surface area contributed by atoms with Crippen molar-refractivity contribution in [2.75, 3.05) is 44.2 Å². The number of hydrogen-bond acceptors (Lipinski definition) is 5. The van der Waals surface area contributed by atoms with E-state index in [1.807, 2.05) is 77.7 Å². The molecule has 0 spiro atoms. The van der Waals surface area contributed by atoms with Crippen molar-refractivity contribution >= 4 is 33.8 Å². The molecule has 2 heterocycles. The van der Waals surface area contributed by atoms with E-state index in [-0.39, 0.29) is 18.4 Å². The summed E-state index contributed by atoms with van der Waals surface area (Å²) in [4.78, 5) is 33.1. The summed E-state index contributed by atoms with van der Waals surface area (Å²) in [6.45, 7) is 3.48. The third-order valence-corrected chi connectivity index (χ3v) is 6.23. The minimum atomic E-state index is -0.287. The van der Waals surface area contributed by atoms with Crippen molar-refractivity contribution in [1.29, 1.82) is 0 Å². The number of benzene rings is 3. The molecule has 5 rings (SSSR count). The summed E-state index contributed by atoms with van der Waals surface area (Å²) in [5.41, 5.74) is 2.29. The van der Waals surface area contributed by atoms with Crippen LogP contribution in [-0.2, 0) is 9.59 Å². The molecule has 2 aliphatic heterocycles. The molecular weight excluding hydrogens is 402 g/mol. The van der Waals surface area contributed by atoms with Gasteiger partial charge in [-0.25, -0.2) is 4.90 Å². The standard InChI is InChI=1S/C26H25N3O3/c30-18-17-27-13-15-28(16-14-27)24-23(20-8-2-1-3-9-20)25(31)29(26(24)32)22-12-6-10-19-7-4-5-11-21(19)22/h1-12,30H,13-18H2. The molecule has 0 aliphatic carbocycles. The van der Waals surface area contributed by atoms with Crippen LogP contribution in [0.5, 0.6) is 0 Å². The SMILES string of the molecule is O=C1C(c2ccccc2)=C(N2CCN(CCO)CC2)C(=O)N1c1cccc2ccccc12. The summed E-state index contributed by atoms with van der Waals surface area (Å²) >= 11 is 0. The normalized spacial score (nSPS) is 17.7. The lowest BCUT2D eigenvalue weighted by atomic mass is 10.0. The summed E-state index contributed by atoms with van der Waals surface area (Å²) < 4.78 is 0. The van der Waals surface area contributed by atoms with Crippen LogP contribution in [0, 0.1) is 0 Å².